The van der Waals surface area contributed by atoms with Crippen molar-refractivity contribution in [2.45, 2.75) is 6.92 Å². The standard InChI is InChI=1S/C11H10N4/c1-7-10-8(15-14-7)4-6-13-11(10)9-3-2-5-12-9/h2-6,12H,1H3,(H,14,15). The highest BCUT2D eigenvalue weighted by molar-refractivity contribution is 5.93. The topological polar surface area (TPSA) is 57.4 Å². The Morgan fingerprint density at radius 3 is 3.00 bits per heavy atom. The van der Waals surface area contributed by atoms with Crippen LogP contribution in [0.15, 0.2) is 30.6 Å². The SMILES string of the molecule is Cc1[nH]nc2ccnc(-c3ccc[nH]3)c12. The first-order chi connectivity index (χ1) is 7.36. The van der Waals surface area contributed by atoms with Gasteiger partial charge in [-0.15, -0.1) is 0 Å². The fraction of sp³-hybridized carbons (Fsp3) is 0.0909. The van der Waals surface area contributed by atoms with Gasteiger partial charge in [0.25, 0.3) is 0 Å². The van der Waals surface area contributed by atoms with E-state index in [2.05, 4.69) is 20.2 Å². The summed E-state index contributed by atoms with van der Waals surface area (Å²) >= 11 is 0. The molecular formula is C11H10N4. The third kappa shape index (κ3) is 1.15. The number of aromatic nitrogens is 4. The van der Waals surface area contributed by atoms with Crippen LogP contribution in [0.25, 0.3) is 22.3 Å². The van der Waals surface area contributed by atoms with Gasteiger partial charge in [-0.3, -0.25) is 10.1 Å². The molecule has 0 radical (unpaired) electrons. The second-order valence-corrected chi connectivity index (χ2v) is 3.49. The van der Waals surface area contributed by atoms with Crippen LogP contribution in [0.3, 0.4) is 0 Å². The Morgan fingerprint density at radius 1 is 1.27 bits per heavy atom. The lowest BCUT2D eigenvalue weighted by atomic mass is 10.1. The highest BCUT2D eigenvalue weighted by Crippen LogP contribution is 2.25. The molecule has 0 amide bonds. The summed E-state index contributed by atoms with van der Waals surface area (Å²) in [6.07, 6.45) is 3.67. The lowest BCUT2D eigenvalue weighted by Crippen LogP contribution is -1.85. The number of hydrogen-bond acceptors (Lipinski definition) is 2. The first-order valence-electron chi connectivity index (χ1n) is 4.80. The zero-order valence-corrected chi connectivity index (χ0v) is 8.28. The van der Waals surface area contributed by atoms with E-state index in [9.17, 15) is 0 Å². The molecule has 0 atom stereocenters. The largest absolute Gasteiger partial charge is 0.360 e. The lowest BCUT2D eigenvalue weighted by Gasteiger charge is -1.99. The average molecular weight is 198 g/mol. The smallest absolute Gasteiger partial charge is 0.0976 e. The molecule has 3 aromatic heterocycles. The summed E-state index contributed by atoms with van der Waals surface area (Å²) in [6.45, 7) is 2.00. The summed E-state index contributed by atoms with van der Waals surface area (Å²) in [7, 11) is 0. The molecule has 4 heteroatoms. The lowest BCUT2D eigenvalue weighted by molar-refractivity contribution is 1.07. The molecular weight excluding hydrogens is 188 g/mol. The van der Waals surface area contributed by atoms with E-state index >= 15 is 0 Å². The Hall–Kier alpha value is -2.10. The van der Waals surface area contributed by atoms with Gasteiger partial charge < -0.3 is 4.98 Å². The van der Waals surface area contributed by atoms with Crippen molar-refractivity contribution < 1.29 is 0 Å². The Labute approximate surface area is 86.4 Å². The van der Waals surface area contributed by atoms with Crippen molar-refractivity contribution in [3.05, 3.63) is 36.3 Å². The van der Waals surface area contributed by atoms with Gasteiger partial charge in [-0.1, -0.05) is 0 Å². The molecule has 3 aromatic rings. The molecule has 15 heavy (non-hydrogen) atoms. The number of aromatic amines is 2. The number of hydrogen-bond donors (Lipinski definition) is 2. The summed E-state index contributed by atoms with van der Waals surface area (Å²) in [5, 5.41) is 8.27. The summed E-state index contributed by atoms with van der Waals surface area (Å²) in [5.41, 5.74) is 3.96. The molecule has 0 spiro atoms. The third-order valence-corrected chi connectivity index (χ3v) is 2.50. The molecule has 0 aromatic carbocycles. The van der Waals surface area contributed by atoms with Crippen molar-refractivity contribution in [3.8, 4) is 11.4 Å². The van der Waals surface area contributed by atoms with E-state index in [0.29, 0.717) is 0 Å². The summed E-state index contributed by atoms with van der Waals surface area (Å²) in [4.78, 5) is 7.55. The zero-order valence-electron chi connectivity index (χ0n) is 8.28. The molecule has 0 aliphatic heterocycles. The van der Waals surface area contributed by atoms with Gasteiger partial charge >= 0.3 is 0 Å². The normalized spacial score (nSPS) is 11.0. The number of nitrogens with zero attached hydrogens (tertiary/aromatic N) is 2. The van der Waals surface area contributed by atoms with Crippen LogP contribution < -0.4 is 0 Å². The van der Waals surface area contributed by atoms with E-state index in [1.54, 1.807) is 6.20 Å². The molecule has 4 nitrogen and oxygen atoms in total. The molecule has 3 heterocycles. The third-order valence-electron chi connectivity index (χ3n) is 2.50. The molecule has 2 N–H and O–H groups in total. The second-order valence-electron chi connectivity index (χ2n) is 3.49. The first kappa shape index (κ1) is 8.23. The van der Waals surface area contributed by atoms with Crippen LogP contribution in [0, 0.1) is 6.92 Å². The van der Waals surface area contributed by atoms with Crippen molar-refractivity contribution in [2.24, 2.45) is 0 Å². The molecule has 74 valence electrons. The second kappa shape index (κ2) is 2.95. The van der Waals surface area contributed by atoms with Crippen LogP contribution in [-0.4, -0.2) is 20.2 Å². The number of nitrogens with one attached hydrogen (secondary N) is 2. The molecule has 0 saturated heterocycles. The Morgan fingerprint density at radius 2 is 2.20 bits per heavy atom. The maximum absolute atomic E-state index is 4.39. The molecule has 0 aliphatic rings. The van der Waals surface area contributed by atoms with E-state index in [-0.39, 0.29) is 0 Å². The minimum absolute atomic E-state index is 0.948. The Kier molecular flexibility index (Phi) is 1.62. The Balaban J connectivity index is 2.39. The van der Waals surface area contributed by atoms with Gasteiger partial charge in [-0.05, 0) is 25.1 Å². The van der Waals surface area contributed by atoms with E-state index in [0.717, 1.165) is 28.0 Å². The van der Waals surface area contributed by atoms with Crippen LogP contribution in [0.4, 0.5) is 0 Å². The van der Waals surface area contributed by atoms with Crippen LogP contribution in [0.5, 0.6) is 0 Å². The minimum Gasteiger partial charge on any atom is -0.360 e. The number of rotatable bonds is 1. The maximum Gasteiger partial charge on any atom is 0.0976 e. The fourth-order valence-corrected chi connectivity index (χ4v) is 1.80. The average Bonchev–Trinajstić information content (AvgIpc) is 2.88. The predicted octanol–water partition coefficient (Wildman–Crippen LogP) is 2.26. The van der Waals surface area contributed by atoms with E-state index in [1.807, 2.05) is 31.3 Å². The van der Waals surface area contributed by atoms with Crippen molar-refractivity contribution in [1.82, 2.24) is 20.2 Å². The summed E-state index contributed by atoms with van der Waals surface area (Å²) in [5.74, 6) is 0. The van der Waals surface area contributed by atoms with E-state index in [1.165, 1.54) is 0 Å². The van der Waals surface area contributed by atoms with Crippen LogP contribution in [0.1, 0.15) is 5.69 Å². The molecule has 0 unspecified atom stereocenters. The van der Waals surface area contributed by atoms with Gasteiger partial charge in [0.15, 0.2) is 0 Å². The van der Waals surface area contributed by atoms with Crippen LogP contribution in [-0.2, 0) is 0 Å². The highest BCUT2D eigenvalue weighted by atomic mass is 15.1. The van der Waals surface area contributed by atoms with Gasteiger partial charge in [0.1, 0.15) is 0 Å². The molecule has 0 fully saturated rings. The first-order valence-corrected chi connectivity index (χ1v) is 4.80. The van der Waals surface area contributed by atoms with Gasteiger partial charge in [-0.2, -0.15) is 5.10 Å². The molecule has 0 aliphatic carbocycles. The number of pyridine rings is 1. The number of aryl methyl sites for hydroxylation is 1. The maximum atomic E-state index is 4.39. The van der Waals surface area contributed by atoms with Crippen molar-refractivity contribution >= 4 is 10.9 Å². The quantitative estimate of drug-likeness (QED) is 0.630. The molecule has 3 rings (SSSR count). The number of fused-ring (bicyclic) bond motifs is 1. The molecule has 0 saturated carbocycles. The van der Waals surface area contributed by atoms with E-state index < -0.39 is 0 Å². The summed E-state index contributed by atoms with van der Waals surface area (Å²) in [6, 6.07) is 5.88. The number of H-pyrrole nitrogens is 2. The van der Waals surface area contributed by atoms with Gasteiger partial charge in [0.05, 0.1) is 22.3 Å². The van der Waals surface area contributed by atoms with Crippen molar-refractivity contribution in [3.63, 3.8) is 0 Å². The van der Waals surface area contributed by atoms with Crippen molar-refractivity contribution in [1.29, 1.82) is 0 Å². The monoisotopic (exact) mass is 198 g/mol. The predicted molar refractivity (Wildman–Crippen MR) is 58.4 cm³/mol. The Bertz CT molecular complexity index is 592. The van der Waals surface area contributed by atoms with E-state index in [4.69, 9.17) is 0 Å². The van der Waals surface area contributed by atoms with Gasteiger partial charge in [-0.25, -0.2) is 0 Å². The summed E-state index contributed by atoms with van der Waals surface area (Å²) < 4.78 is 0. The highest BCUT2D eigenvalue weighted by Gasteiger charge is 2.10. The molecule has 0 bridgehead atoms. The zero-order chi connectivity index (χ0) is 10.3. The van der Waals surface area contributed by atoms with Crippen LogP contribution >= 0.6 is 0 Å². The van der Waals surface area contributed by atoms with Gasteiger partial charge in [0, 0.05) is 18.1 Å². The fourth-order valence-electron chi connectivity index (χ4n) is 1.80. The van der Waals surface area contributed by atoms with Crippen molar-refractivity contribution in [2.75, 3.05) is 0 Å². The van der Waals surface area contributed by atoms with Gasteiger partial charge in [0.2, 0.25) is 0 Å². The minimum atomic E-state index is 0.948. The van der Waals surface area contributed by atoms with Crippen LogP contribution in [0.2, 0.25) is 0 Å².